The van der Waals surface area contributed by atoms with Crippen molar-refractivity contribution in [1.29, 1.82) is 0 Å². The molecule has 1 unspecified atom stereocenters. The molecule has 1 atom stereocenters. The second-order valence-electron chi connectivity index (χ2n) is 3.32. The molecular weight excluding hydrogens is 162 g/mol. The third kappa shape index (κ3) is 2.25. The lowest BCUT2D eigenvalue weighted by Crippen LogP contribution is -2.56. The summed E-state index contributed by atoms with van der Waals surface area (Å²) in [5.74, 6) is 0.438. The van der Waals surface area contributed by atoms with Gasteiger partial charge in [-0.25, -0.2) is 4.21 Å². The molecule has 0 radical (unpaired) electrons. The summed E-state index contributed by atoms with van der Waals surface area (Å²) in [6, 6.07) is 0. The summed E-state index contributed by atoms with van der Waals surface area (Å²) >= 11 is -1.63. The Bertz CT molecular complexity index is 157. The van der Waals surface area contributed by atoms with E-state index in [4.69, 9.17) is 4.55 Å². The molecule has 3 nitrogen and oxygen atoms in total. The number of rotatable bonds is 4. The van der Waals surface area contributed by atoms with Crippen molar-refractivity contribution in [3.05, 3.63) is 0 Å². The molecule has 0 aliphatic carbocycles. The van der Waals surface area contributed by atoms with Gasteiger partial charge in [0.25, 0.3) is 0 Å². The lowest BCUT2D eigenvalue weighted by Gasteiger charge is -2.41. The molecule has 0 aromatic rings. The minimum atomic E-state index is -1.63. The summed E-state index contributed by atoms with van der Waals surface area (Å²) in [6.07, 6.45) is 2.16. The van der Waals surface area contributed by atoms with Crippen molar-refractivity contribution in [2.24, 2.45) is 5.41 Å². The summed E-state index contributed by atoms with van der Waals surface area (Å²) in [7, 11) is 0. The van der Waals surface area contributed by atoms with Gasteiger partial charge in [0.2, 0.25) is 0 Å². The summed E-state index contributed by atoms with van der Waals surface area (Å²) in [5.41, 5.74) is 0.133. The Hall–Kier alpha value is 0.0700. The average Bonchev–Trinajstić information content (AvgIpc) is 1.82. The molecule has 1 aliphatic rings. The Labute approximate surface area is 69.9 Å². The minimum Gasteiger partial charge on any atom is -0.315 e. The molecule has 1 aliphatic heterocycles. The van der Waals surface area contributed by atoms with Crippen molar-refractivity contribution in [3.8, 4) is 0 Å². The van der Waals surface area contributed by atoms with Crippen LogP contribution in [0.1, 0.15) is 19.8 Å². The van der Waals surface area contributed by atoms with Gasteiger partial charge in [-0.05, 0) is 6.42 Å². The summed E-state index contributed by atoms with van der Waals surface area (Å²) in [6.45, 7) is 3.93. The van der Waals surface area contributed by atoms with E-state index in [1.807, 2.05) is 0 Å². The molecule has 0 saturated carbocycles. The van der Waals surface area contributed by atoms with E-state index in [-0.39, 0.29) is 5.41 Å². The number of hydrogen-bond donors (Lipinski definition) is 2. The molecule has 1 saturated heterocycles. The standard InChI is InChI=1S/C7H15NO2S/c1-2-3-7(4-8-5-7)6-11(9)10/h8H,2-6H2,1H3,(H,9,10). The first-order valence-corrected chi connectivity index (χ1v) is 5.24. The fourth-order valence-corrected chi connectivity index (χ4v) is 2.49. The van der Waals surface area contributed by atoms with Gasteiger partial charge in [-0.3, -0.25) is 0 Å². The van der Waals surface area contributed by atoms with E-state index in [1.54, 1.807) is 0 Å². The average molecular weight is 177 g/mol. The molecule has 1 heterocycles. The van der Waals surface area contributed by atoms with Crippen LogP contribution in [-0.2, 0) is 11.1 Å². The highest BCUT2D eigenvalue weighted by atomic mass is 32.2. The van der Waals surface area contributed by atoms with Gasteiger partial charge < -0.3 is 9.87 Å². The van der Waals surface area contributed by atoms with Gasteiger partial charge in [-0.2, -0.15) is 0 Å². The van der Waals surface area contributed by atoms with Crippen molar-refractivity contribution in [3.63, 3.8) is 0 Å². The summed E-state index contributed by atoms with van der Waals surface area (Å²) < 4.78 is 19.3. The Morgan fingerprint density at radius 3 is 2.55 bits per heavy atom. The predicted molar refractivity (Wildman–Crippen MR) is 45.8 cm³/mol. The molecule has 11 heavy (non-hydrogen) atoms. The Morgan fingerprint density at radius 2 is 2.27 bits per heavy atom. The van der Waals surface area contributed by atoms with Crippen LogP contribution < -0.4 is 5.32 Å². The van der Waals surface area contributed by atoms with Crippen LogP contribution in [0, 0.1) is 5.41 Å². The molecule has 1 rings (SSSR count). The van der Waals surface area contributed by atoms with Gasteiger partial charge in [0, 0.05) is 18.5 Å². The Kier molecular flexibility index (Phi) is 3.04. The van der Waals surface area contributed by atoms with E-state index in [0.717, 1.165) is 25.9 Å². The third-order valence-electron chi connectivity index (χ3n) is 2.21. The maximum atomic E-state index is 10.6. The summed E-state index contributed by atoms with van der Waals surface area (Å²) in [4.78, 5) is 0. The fraction of sp³-hybridized carbons (Fsp3) is 1.00. The number of hydrogen-bond acceptors (Lipinski definition) is 2. The van der Waals surface area contributed by atoms with Gasteiger partial charge in [0.1, 0.15) is 0 Å². The zero-order valence-corrected chi connectivity index (χ0v) is 7.62. The van der Waals surface area contributed by atoms with Gasteiger partial charge in [-0.15, -0.1) is 0 Å². The molecule has 0 aromatic carbocycles. The fourth-order valence-electron chi connectivity index (χ4n) is 1.62. The van der Waals surface area contributed by atoms with Crippen LogP contribution in [0.4, 0.5) is 0 Å². The number of nitrogens with one attached hydrogen (secondary N) is 1. The van der Waals surface area contributed by atoms with Crippen LogP contribution in [0.15, 0.2) is 0 Å². The van der Waals surface area contributed by atoms with Gasteiger partial charge >= 0.3 is 0 Å². The molecule has 4 heteroatoms. The van der Waals surface area contributed by atoms with Crippen LogP contribution in [0.3, 0.4) is 0 Å². The maximum absolute atomic E-state index is 10.6. The molecular formula is C7H15NO2S. The van der Waals surface area contributed by atoms with Crippen LogP contribution in [0.25, 0.3) is 0 Å². The molecule has 0 spiro atoms. The van der Waals surface area contributed by atoms with E-state index < -0.39 is 11.1 Å². The quantitative estimate of drug-likeness (QED) is 0.618. The highest BCUT2D eigenvalue weighted by Crippen LogP contribution is 2.29. The molecule has 0 bridgehead atoms. The van der Waals surface area contributed by atoms with Crippen molar-refractivity contribution >= 4 is 11.1 Å². The Balaban J connectivity index is 2.39. The van der Waals surface area contributed by atoms with Crippen LogP contribution in [0.2, 0.25) is 0 Å². The van der Waals surface area contributed by atoms with Crippen LogP contribution in [0.5, 0.6) is 0 Å². The first-order chi connectivity index (χ1) is 5.18. The first-order valence-electron chi connectivity index (χ1n) is 3.97. The lowest BCUT2D eigenvalue weighted by atomic mass is 9.80. The third-order valence-corrected chi connectivity index (χ3v) is 3.07. The van der Waals surface area contributed by atoms with Crippen LogP contribution >= 0.6 is 0 Å². The monoisotopic (exact) mass is 177 g/mol. The topological polar surface area (TPSA) is 49.3 Å². The lowest BCUT2D eigenvalue weighted by molar-refractivity contribution is 0.181. The van der Waals surface area contributed by atoms with Gasteiger partial charge in [-0.1, -0.05) is 13.3 Å². The normalized spacial score (nSPS) is 24.2. The Morgan fingerprint density at radius 1 is 1.64 bits per heavy atom. The predicted octanol–water partition coefficient (Wildman–Crippen LogP) is 0.598. The minimum absolute atomic E-state index is 0.133. The maximum Gasteiger partial charge on any atom is 0.153 e. The largest absolute Gasteiger partial charge is 0.315 e. The van der Waals surface area contributed by atoms with Crippen LogP contribution in [-0.4, -0.2) is 27.6 Å². The SMILES string of the molecule is CCCC1(CS(=O)O)CNC1. The zero-order chi connectivity index (χ0) is 8.32. The van der Waals surface area contributed by atoms with E-state index in [0.29, 0.717) is 5.75 Å². The molecule has 2 N–H and O–H groups in total. The summed E-state index contributed by atoms with van der Waals surface area (Å²) in [5, 5.41) is 3.15. The van der Waals surface area contributed by atoms with E-state index in [2.05, 4.69) is 12.2 Å². The van der Waals surface area contributed by atoms with Crippen molar-refractivity contribution < 1.29 is 8.76 Å². The first kappa shape index (κ1) is 9.16. The highest BCUT2D eigenvalue weighted by molar-refractivity contribution is 7.79. The van der Waals surface area contributed by atoms with Gasteiger partial charge in [0.15, 0.2) is 11.1 Å². The van der Waals surface area contributed by atoms with Crippen molar-refractivity contribution in [1.82, 2.24) is 5.32 Å². The second-order valence-corrected chi connectivity index (χ2v) is 4.25. The molecule has 1 fully saturated rings. The highest BCUT2D eigenvalue weighted by Gasteiger charge is 2.37. The van der Waals surface area contributed by atoms with E-state index >= 15 is 0 Å². The van der Waals surface area contributed by atoms with E-state index in [9.17, 15) is 4.21 Å². The smallest absolute Gasteiger partial charge is 0.153 e. The zero-order valence-electron chi connectivity index (χ0n) is 6.80. The molecule has 0 amide bonds. The van der Waals surface area contributed by atoms with E-state index in [1.165, 1.54) is 0 Å². The molecule has 66 valence electrons. The van der Waals surface area contributed by atoms with Crippen molar-refractivity contribution in [2.75, 3.05) is 18.8 Å². The second kappa shape index (κ2) is 3.65. The van der Waals surface area contributed by atoms with Crippen molar-refractivity contribution in [2.45, 2.75) is 19.8 Å². The van der Waals surface area contributed by atoms with Gasteiger partial charge in [0.05, 0.1) is 5.75 Å². The molecule has 0 aromatic heterocycles.